The van der Waals surface area contributed by atoms with E-state index >= 15 is 0 Å². The van der Waals surface area contributed by atoms with Crippen molar-refractivity contribution in [2.24, 2.45) is 7.05 Å². The van der Waals surface area contributed by atoms with Crippen LogP contribution in [0.2, 0.25) is 0 Å². The molecule has 5 heteroatoms. The standard InChI is InChI=1S/C12H14N4O/c1-8-6-9(2)14-11(7-8)15-12(17)10-4-5-13-16(10)3/h4-7H,1-3H3,(H,14,15,17). The predicted molar refractivity (Wildman–Crippen MR) is 64.9 cm³/mol. The first-order valence-electron chi connectivity index (χ1n) is 5.31. The van der Waals surface area contributed by atoms with Gasteiger partial charge in [0, 0.05) is 18.9 Å². The van der Waals surface area contributed by atoms with Gasteiger partial charge < -0.3 is 5.32 Å². The maximum absolute atomic E-state index is 11.9. The number of anilines is 1. The molecule has 2 aromatic rings. The molecule has 0 aliphatic heterocycles. The number of carbonyl (C=O) groups is 1. The number of nitrogens with one attached hydrogen (secondary N) is 1. The molecule has 0 fully saturated rings. The van der Waals surface area contributed by atoms with E-state index in [1.807, 2.05) is 26.0 Å². The fourth-order valence-electron chi connectivity index (χ4n) is 1.68. The molecular weight excluding hydrogens is 216 g/mol. The smallest absolute Gasteiger partial charge is 0.275 e. The van der Waals surface area contributed by atoms with Crippen molar-refractivity contribution in [1.29, 1.82) is 0 Å². The van der Waals surface area contributed by atoms with E-state index in [9.17, 15) is 4.79 Å². The highest BCUT2D eigenvalue weighted by molar-refractivity contribution is 6.02. The number of aromatic nitrogens is 3. The van der Waals surface area contributed by atoms with Crippen molar-refractivity contribution in [3.63, 3.8) is 0 Å². The second-order valence-electron chi connectivity index (χ2n) is 3.97. The zero-order valence-corrected chi connectivity index (χ0v) is 10.1. The van der Waals surface area contributed by atoms with Crippen LogP contribution in [-0.2, 0) is 7.05 Å². The number of amides is 1. The Hall–Kier alpha value is -2.17. The Morgan fingerprint density at radius 3 is 2.71 bits per heavy atom. The average molecular weight is 230 g/mol. The van der Waals surface area contributed by atoms with Gasteiger partial charge in [0.1, 0.15) is 11.5 Å². The summed E-state index contributed by atoms with van der Waals surface area (Å²) in [6, 6.07) is 5.46. The van der Waals surface area contributed by atoms with Crippen LogP contribution in [0.3, 0.4) is 0 Å². The van der Waals surface area contributed by atoms with Gasteiger partial charge in [0.05, 0.1) is 0 Å². The van der Waals surface area contributed by atoms with Gasteiger partial charge in [-0.25, -0.2) is 4.98 Å². The first kappa shape index (κ1) is 11.3. The molecule has 5 nitrogen and oxygen atoms in total. The van der Waals surface area contributed by atoms with Crippen LogP contribution in [0.4, 0.5) is 5.82 Å². The van der Waals surface area contributed by atoms with E-state index in [1.165, 1.54) is 4.68 Å². The summed E-state index contributed by atoms with van der Waals surface area (Å²) in [5.41, 5.74) is 2.45. The predicted octanol–water partition coefficient (Wildman–Crippen LogP) is 1.68. The van der Waals surface area contributed by atoms with E-state index in [-0.39, 0.29) is 5.91 Å². The monoisotopic (exact) mass is 230 g/mol. The topological polar surface area (TPSA) is 59.8 Å². The van der Waals surface area contributed by atoms with Gasteiger partial charge in [0.25, 0.3) is 5.91 Å². The summed E-state index contributed by atoms with van der Waals surface area (Å²) < 4.78 is 1.53. The number of carbonyl (C=O) groups excluding carboxylic acids is 1. The van der Waals surface area contributed by atoms with Crippen molar-refractivity contribution in [3.05, 3.63) is 41.3 Å². The SMILES string of the molecule is Cc1cc(C)nc(NC(=O)c2ccnn2C)c1. The summed E-state index contributed by atoms with van der Waals surface area (Å²) >= 11 is 0. The molecule has 88 valence electrons. The molecule has 0 bridgehead atoms. The minimum atomic E-state index is -0.206. The van der Waals surface area contributed by atoms with Crippen LogP contribution in [-0.4, -0.2) is 20.7 Å². The summed E-state index contributed by atoms with van der Waals surface area (Å²) in [6.07, 6.45) is 1.59. The lowest BCUT2D eigenvalue weighted by molar-refractivity contribution is 0.101. The summed E-state index contributed by atoms with van der Waals surface area (Å²) in [4.78, 5) is 16.2. The Morgan fingerprint density at radius 1 is 1.35 bits per heavy atom. The maximum Gasteiger partial charge on any atom is 0.275 e. The molecule has 0 unspecified atom stereocenters. The molecule has 1 N–H and O–H groups in total. The zero-order valence-electron chi connectivity index (χ0n) is 10.1. The van der Waals surface area contributed by atoms with Crippen molar-refractivity contribution < 1.29 is 4.79 Å². The van der Waals surface area contributed by atoms with E-state index in [4.69, 9.17) is 0 Å². The number of aryl methyl sites for hydroxylation is 3. The fraction of sp³-hybridized carbons (Fsp3) is 0.250. The number of hydrogen-bond acceptors (Lipinski definition) is 3. The molecule has 2 heterocycles. The van der Waals surface area contributed by atoms with E-state index in [0.717, 1.165) is 11.3 Å². The van der Waals surface area contributed by atoms with Crippen LogP contribution in [0.15, 0.2) is 24.4 Å². The van der Waals surface area contributed by atoms with Crippen molar-refractivity contribution >= 4 is 11.7 Å². The number of pyridine rings is 1. The van der Waals surface area contributed by atoms with Crippen LogP contribution in [0.5, 0.6) is 0 Å². The van der Waals surface area contributed by atoms with Gasteiger partial charge in [-0.1, -0.05) is 0 Å². The molecule has 0 spiro atoms. The fourth-order valence-corrected chi connectivity index (χ4v) is 1.68. The van der Waals surface area contributed by atoms with E-state index in [0.29, 0.717) is 11.5 Å². The average Bonchev–Trinajstić information content (AvgIpc) is 2.62. The van der Waals surface area contributed by atoms with E-state index in [2.05, 4.69) is 15.4 Å². The highest BCUT2D eigenvalue weighted by Gasteiger charge is 2.10. The Kier molecular flexibility index (Phi) is 2.91. The maximum atomic E-state index is 11.9. The minimum Gasteiger partial charge on any atom is -0.305 e. The van der Waals surface area contributed by atoms with Crippen LogP contribution in [0, 0.1) is 13.8 Å². The number of hydrogen-bond donors (Lipinski definition) is 1. The van der Waals surface area contributed by atoms with Gasteiger partial charge in [-0.3, -0.25) is 9.48 Å². The van der Waals surface area contributed by atoms with Crippen molar-refractivity contribution in [3.8, 4) is 0 Å². The van der Waals surface area contributed by atoms with E-state index in [1.54, 1.807) is 19.3 Å². The van der Waals surface area contributed by atoms with Gasteiger partial charge in [-0.2, -0.15) is 5.10 Å². The first-order chi connectivity index (χ1) is 8.06. The molecule has 0 saturated carbocycles. The molecule has 17 heavy (non-hydrogen) atoms. The third-order valence-corrected chi connectivity index (χ3v) is 2.39. The normalized spacial score (nSPS) is 10.3. The van der Waals surface area contributed by atoms with Crippen LogP contribution in [0.1, 0.15) is 21.7 Å². The van der Waals surface area contributed by atoms with Gasteiger partial charge in [0.2, 0.25) is 0 Å². The summed E-state index contributed by atoms with van der Waals surface area (Å²) in [5.74, 6) is 0.358. The van der Waals surface area contributed by atoms with Crippen LogP contribution >= 0.6 is 0 Å². The van der Waals surface area contributed by atoms with Crippen LogP contribution < -0.4 is 5.32 Å². The van der Waals surface area contributed by atoms with Crippen LogP contribution in [0.25, 0.3) is 0 Å². The van der Waals surface area contributed by atoms with Crippen molar-refractivity contribution in [1.82, 2.24) is 14.8 Å². The van der Waals surface area contributed by atoms with Crippen molar-refractivity contribution in [2.75, 3.05) is 5.32 Å². The lowest BCUT2D eigenvalue weighted by atomic mass is 10.2. The molecule has 1 amide bonds. The molecule has 2 aromatic heterocycles. The highest BCUT2D eigenvalue weighted by atomic mass is 16.2. The summed E-state index contributed by atoms with van der Waals surface area (Å²) in [6.45, 7) is 3.86. The molecule has 0 radical (unpaired) electrons. The Bertz CT molecular complexity index is 539. The Morgan fingerprint density at radius 2 is 2.12 bits per heavy atom. The number of nitrogens with zero attached hydrogens (tertiary/aromatic N) is 3. The highest BCUT2D eigenvalue weighted by Crippen LogP contribution is 2.10. The van der Waals surface area contributed by atoms with Gasteiger partial charge in [-0.15, -0.1) is 0 Å². The summed E-state index contributed by atoms with van der Waals surface area (Å²) in [5, 5.41) is 6.71. The second kappa shape index (κ2) is 4.37. The van der Waals surface area contributed by atoms with Gasteiger partial charge in [-0.05, 0) is 37.6 Å². The lowest BCUT2D eigenvalue weighted by Gasteiger charge is -2.06. The minimum absolute atomic E-state index is 0.206. The molecule has 0 aliphatic carbocycles. The van der Waals surface area contributed by atoms with Crippen molar-refractivity contribution in [2.45, 2.75) is 13.8 Å². The lowest BCUT2D eigenvalue weighted by Crippen LogP contribution is -2.17. The second-order valence-corrected chi connectivity index (χ2v) is 3.97. The summed E-state index contributed by atoms with van der Waals surface area (Å²) in [7, 11) is 1.73. The largest absolute Gasteiger partial charge is 0.305 e. The number of rotatable bonds is 2. The molecule has 2 rings (SSSR count). The quantitative estimate of drug-likeness (QED) is 0.854. The Labute approximate surface area is 99.5 Å². The zero-order chi connectivity index (χ0) is 12.4. The molecule has 0 atom stereocenters. The van der Waals surface area contributed by atoms with E-state index < -0.39 is 0 Å². The Balaban J connectivity index is 2.21. The third-order valence-electron chi connectivity index (χ3n) is 2.39. The molecular formula is C12H14N4O. The van der Waals surface area contributed by atoms with Gasteiger partial charge >= 0.3 is 0 Å². The molecule has 0 aromatic carbocycles. The van der Waals surface area contributed by atoms with Gasteiger partial charge in [0.15, 0.2) is 0 Å². The first-order valence-corrected chi connectivity index (χ1v) is 5.31. The molecule has 0 aliphatic rings. The third kappa shape index (κ3) is 2.50. The molecule has 0 saturated heterocycles.